The van der Waals surface area contributed by atoms with Gasteiger partial charge in [0.25, 0.3) is 5.91 Å². The number of nitrogens with zero attached hydrogens (tertiary/aromatic N) is 1. The summed E-state index contributed by atoms with van der Waals surface area (Å²) in [6.07, 6.45) is 0. The Labute approximate surface area is 190 Å². The Morgan fingerprint density at radius 2 is 1.58 bits per heavy atom. The molecule has 4 rings (SSSR count). The van der Waals surface area contributed by atoms with Crippen LogP contribution in [0.25, 0.3) is 0 Å². The van der Waals surface area contributed by atoms with E-state index in [1.807, 2.05) is 24.3 Å². The van der Waals surface area contributed by atoms with Crippen LogP contribution < -0.4 is 10.2 Å². The summed E-state index contributed by atoms with van der Waals surface area (Å²) in [6, 6.07) is 20.8. The zero-order valence-corrected chi connectivity index (χ0v) is 18.2. The zero-order valence-electron chi connectivity index (χ0n) is 16.7. The first-order valence-electron chi connectivity index (χ1n) is 9.71. The van der Waals surface area contributed by atoms with Gasteiger partial charge >= 0.3 is 0 Å². The molecule has 0 fully saturated rings. The van der Waals surface area contributed by atoms with Crippen LogP contribution in [0.15, 0.2) is 72.8 Å². The minimum absolute atomic E-state index is 0.0692. The molecule has 5 nitrogen and oxygen atoms in total. The summed E-state index contributed by atoms with van der Waals surface area (Å²) < 4.78 is 5.05. The number of ether oxygens (including phenoxy) is 1. The average molecular weight is 455 g/mol. The van der Waals surface area contributed by atoms with Gasteiger partial charge in [-0.1, -0.05) is 53.5 Å². The van der Waals surface area contributed by atoms with Crippen LogP contribution in [-0.2, 0) is 9.53 Å². The third kappa shape index (κ3) is 4.17. The van der Waals surface area contributed by atoms with E-state index in [9.17, 15) is 9.59 Å². The number of carbonyl (C=O) groups is 2. The highest BCUT2D eigenvalue weighted by atomic mass is 35.5. The molecule has 0 spiro atoms. The minimum atomic E-state index is -0.652. The van der Waals surface area contributed by atoms with Gasteiger partial charge in [0.2, 0.25) is 5.91 Å². The predicted octanol–water partition coefficient (Wildman–Crippen LogP) is 5.20. The van der Waals surface area contributed by atoms with Crippen LogP contribution in [-0.4, -0.2) is 25.7 Å². The van der Waals surface area contributed by atoms with Gasteiger partial charge in [-0.2, -0.15) is 0 Å². The van der Waals surface area contributed by atoms with Gasteiger partial charge in [-0.25, -0.2) is 0 Å². The van der Waals surface area contributed by atoms with Crippen LogP contribution in [0.1, 0.15) is 33.4 Å². The predicted molar refractivity (Wildman–Crippen MR) is 122 cm³/mol. The van der Waals surface area contributed by atoms with Gasteiger partial charge in [0.05, 0.1) is 12.0 Å². The second kappa shape index (κ2) is 9.10. The van der Waals surface area contributed by atoms with Crippen LogP contribution in [0.2, 0.25) is 10.0 Å². The molecule has 31 heavy (non-hydrogen) atoms. The Balaban J connectivity index is 1.93. The summed E-state index contributed by atoms with van der Waals surface area (Å²) in [5.41, 5.74) is 2.60. The first-order chi connectivity index (χ1) is 15.0. The highest BCUT2D eigenvalue weighted by Crippen LogP contribution is 2.45. The van der Waals surface area contributed by atoms with Crippen molar-refractivity contribution >= 4 is 40.7 Å². The Kier molecular flexibility index (Phi) is 6.28. The standard InChI is InChI=1S/C24H20Cl2N2O3/c1-31-14-27-23(29)21-19-4-2-3-5-20(19)24(30)28(18-12-10-17(26)11-13-18)22(21)15-6-8-16(25)9-7-15/h2-13,21-22H,14H2,1H3,(H,27,29). The lowest BCUT2D eigenvalue weighted by Gasteiger charge is -2.41. The average Bonchev–Trinajstić information content (AvgIpc) is 2.79. The second-order valence-electron chi connectivity index (χ2n) is 7.19. The van der Waals surface area contributed by atoms with Crippen LogP contribution in [0.5, 0.6) is 0 Å². The SMILES string of the molecule is COCNC(=O)C1c2ccccc2C(=O)N(c2ccc(Cl)cc2)C1c1ccc(Cl)cc1. The molecular formula is C24H20Cl2N2O3. The van der Waals surface area contributed by atoms with Gasteiger partial charge < -0.3 is 10.1 Å². The Bertz CT molecular complexity index is 1100. The van der Waals surface area contributed by atoms with Crippen LogP contribution in [0.4, 0.5) is 5.69 Å². The maximum atomic E-state index is 13.6. The molecule has 1 heterocycles. The van der Waals surface area contributed by atoms with Crippen molar-refractivity contribution in [2.45, 2.75) is 12.0 Å². The fourth-order valence-electron chi connectivity index (χ4n) is 3.96. The largest absolute Gasteiger partial charge is 0.364 e. The maximum absolute atomic E-state index is 13.6. The number of nitrogens with one attached hydrogen (secondary N) is 1. The summed E-state index contributed by atoms with van der Waals surface area (Å²) in [6.45, 7) is 0.0692. The van der Waals surface area contributed by atoms with Crippen molar-refractivity contribution in [3.05, 3.63) is 99.5 Å². The molecule has 2 amide bonds. The van der Waals surface area contributed by atoms with E-state index in [0.29, 0.717) is 26.9 Å². The van der Waals surface area contributed by atoms with E-state index in [-0.39, 0.29) is 18.5 Å². The van der Waals surface area contributed by atoms with E-state index in [0.717, 1.165) is 5.56 Å². The summed E-state index contributed by atoms with van der Waals surface area (Å²) in [4.78, 5) is 28.6. The fraction of sp³-hybridized carbons (Fsp3) is 0.167. The Hall–Kier alpha value is -2.86. The molecule has 3 aromatic rings. The molecule has 0 bridgehead atoms. The summed E-state index contributed by atoms with van der Waals surface area (Å²) in [5, 5.41) is 3.94. The van der Waals surface area contributed by atoms with Crippen molar-refractivity contribution in [2.75, 3.05) is 18.7 Å². The maximum Gasteiger partial charge on any atom is 0.259 e. The highest BCUT2D eigenvalue weighted by Gasteiger charge is 2.44. The lowest BCUT2D eigenvalue weighted by molar-refractivity contribution is -0.124. The topological polar surface area (TPSA) is 58.6 Å². The number of amides is 2. The van der Waals surface area contributed by atoms with Crippen molar-refractivity contribution in [1.82, 2.24) is 5.32 Å². The third-order valence-corrected chi connectivity index (χ3v) is 5.83. The number of hydrogen-bond acceptors (Lipinski definition) is 3. The molecule has 0 aromatic heterocycles. The van der Waals surface area contributed by atoms with E-state index in [4.69, 9.17) is 27.9 Å². The van der Waals surface area contributed by atoms with Crippen molar-refractivity contribution < 1.29 is 14.3 Å². The van der Waals surface area contributed by atoms with E-state index < -0.39 is 12.0 Å². The molecule has 7 heteroatoms. The number of rotatable bonds is 5. The second-order valence-corrected chi connectivity index (χ2v) is 8.06. The molecule has 2 atom stereocenters. The number of benzene rings is 3. The van der Waals surface area contributed by atoms with E-state index >= 15 is 0 Å². The summed E-state index contributed by atoms with van der Waals surface area (Å²) in [7, 11) is 1.51. The van der Waals surface area contributed by atoms with Crippen molar-refractivity contribution in [3.8, 4) is 0 Å². The molecule has 0 saturated carbocycles. The van der Waals surface area contributed by atoms with Gasteiger partial charge in [0, 0.05) is 28.4 Å². The van der Waals surface area contributed by atoms with E-state index in [1.54, 1.807) is 53.4 Å². The zero-order chi connectivity index (χ0) is 22.0. The first-order valence-corrected chi connectivity index (χ1v) is 10.5. The molecule has 0 radical (unpaired) electrons. The number of anilines is 1. The summed E-state index contributed by atoms with van der Waals surface area (Å²) >= 11 is 12.2. The molecular weight excluding hydrogens is 435 g/mol. The monoisotopic (exact) mass is 454 g/mol. The van der Waals surface area contributed by atoms with Gasteiger partial charge in [0.1, 0.15) is 6.73 Å². The number of halogens is 2. The Morgan fingerprint density at radius 1 is 0.968 bits per heavy atom. The fourth-order valence-corrected chi connectivity index (χ4v) is 4.21. The van der Waals surface area contributed by atoms with Crippen LogP contribution >= 0.6 is 23.2 Å². The molecule has 3 aromatic carbocycles. The van der Waals surface area contributed by atoms with Gasteiger partial charge in [0.15, 0.2) is 0 Å². The molecule has 0 aliphatic carbocycles. The Morgan fingerprint density at radius 3 is 2.23 bits per heavy atom. The third-order valence-electron chi connectivity index (χ3n) is 5.33. The molecule has 1 aliphatic heterocycles. The van der Waals surface area contributed by atoms with Crippen molar-refractivity contribution in [3.63, 3.8) is 0 Å². The van der Waals surface area contributed by atoms with Crippen molar-refractivity contribution in [1.29, 1.82) is 0 Å². The van der Waals surface area contributed by atoms with Crippen LogP contribution in [0, 0.1) is 0 Å². The summed E-state index contributed by atoms with van der Waals surface area (Å²) in [5.74, 6) is -1.07. The number of methoxy groups -OCH3 is 1. The lowest BCUT2D eigenvalue weighted by atomic mass is 9.79. The molecule has 0 saturated heterocycles. The first kappa shape index (κ1) is 21.4. The number of carbonyl (C=O) groups excluding carboxylic acids is 2. The molecule has 1 N–H and O–H groups in total. The highest BCUT2D eigenvalue weighted by molar-refractivity contribution is 6.31. The normalized spacial score (nSPS) is 17.9. The van der Waals surface area contributed by atoms with Crippen molar-refractivity contribution in [2.24, 2.45) is 0 Å². The van der Waals surface area contributed by atoms with Gasteiger partial charge in [-0.3, -0.25) is 14.5 Å². The van der Waals surface area contributed by atoms with Gasteiger partial charge in [-0.05, 0) is 53.6 Å². The lowest BCUT2D eigenvalue weighted by Crippen LogP contribution is -2.47. The van der Waals surface area contributed by atoms with E-state index in [2.05, 4.69) is 5.32 Å². The number of hydrogen-bond donors (Lipinski definition) is 1. The number of fused-ring (bicyclic) bond motifs is 1. The molecule has 2 unspecified atom stereocenters. The minimum Gasteiger partial charge on any atom is -0.364 e. The smallest absolute Gasteiger partial charge is 0.259 e. The molecule has 158 valence electrons. The van der Waals surface area contributed by atoms with E-state index in [1.165, 1.54) is 7.11 Å². The van der Waals surface area contributed by atoms with Crippen LogP contribution in [0.3, 0.4) is 0 Å². The van der Waals surface area contributed by atoms with Gasteiger partial charge in [-0.15, -0.1) is 0 Å². The molecule has 1 aliphatic rings. The quantitative estimate of drug-likeness (QED) is 0.539.